The van der Waals surface area contributed by atoms with Gasteiger partial charge in [-0.15, -0.1) is 0 Å². The average Bonchev–Trinajstić information content (AvgIpc) is 1.53. The van der Waals surface area contributed by atoms with Crippen molar-refractivity contribution in [2.75, 3.05) is 4.90 Å². The molecule has 0 saturated carbocycles. The van der Waals surface area contributed by atoms with Crippen molar-refractivity contribution >= 4 is 38.9 Å². The van der Waals surface area contributed by atoms with Gasteiger partial charge < -0.3 is 9.47 Å². The Morgan fingerprint density at radius 2 is 0.599 bits per heavy atom. The molecule has 0 saturated heterocycles. The Balaban J connectivity index is 0.000000147. The maximum Gasteiger partial charge on any atom is 0.0713 e. The van der Waals surface area contributed by atoms with E-state index in [1.807, 2.05) is 0 Å². The first-order valence-electron chi connectivity index (χ1n) is 53.4. The van der Waals surface area contributed by atoms with Gasteiger partial charge in [-0.2, -0.15) is 0 Å². The molecule has 0 radical (unpaired) electrons. The summed E-state index contributed by atoms with van der Waals surface area (Å²) in [6.07, 6.45) is 42.1. The molecule has 1 aromatic heterocycles. The molecule has 0 N–H and O–H groups in total. The zero-order valence-corrected chi connectivity index (χ0v) is 84.0. The molecule has 0 spiro atoms. The van der Waals surface area contributed by atoms with E-state index in [4.69, 9.17) is 0 Å². The third-order valence-corrected chi connectivity index (χ3v) is 32.0. The Bertz CT molecular complexity index is 6740. The summed E-state index contributed by atoms with van der Waals surface area (Å²) >= 11 is 0. The third kappa shape index (κ3) is 19.2. The fourth-order valence-corrected chi connectivity index (χ4v) is 24.9. The van der Waals surface area contributed by atoms with Gasteiger partial charge in [0.25, 0.3) is 0 Å². The summed E-state index contributed by atoms with van der Waals surface area (Å²) in [5, 5.41) is 2.53. The molecule has 0 bridgehead atoms. The van der Waals surface area contributed by atoms with E-state index in [-0.39, 0.29) is 16.2 Å². The number of unbranched alkanes of at least 4 members (excludes halogenated alkanes) is 20. The average molecular weight is 1800 g/mol. The van der Waals surface area contributed by atoms with E-state index >= 15 is 0 Å². The van der Waals surface area contributed by atoms with Gasteiger partial charge in [0.05, 0.1) is 16.4 Å². The van der Waals surface area contributed by atoms with Crippen molar-refractivity contribution in [3.8, 4) is 72.4 Å². The van der Waals surface area contributed by atoms with Crippen LogP contribution in [0.25, 0.3) is 94.3 Å². The fourth-order valence-electron chi connectivity index (χ4n) is 24.9. The first-order valence-corrected chi connectivity index (χ1v) is 53.4. The molecule has 15 aromatic carbocycles. The number of nitrogens with zero attached hydrogens (tertiary/aromatic N) is 2. The van der Waals surface area contributed by atoms with Crippen LogP contribution in [0, 0.1) is 41.5 Å². The van der Waals surface area contributed by atoms with Crippen LogP contribution in [0.2, 0.25) is 0 Å². The summed E-state index contributed by atoms with van der Waals surface area (Å²) in [4.78, 5) is 2.40. The van der Waals surface area contributed by atoms with Crippen LogP contribution in [-0.4, -0.2) is 4.57 Å². The number of hydrogen-bond donors (Lipinski definition) is 0. The summed E-state index contributed by atoms with van der Waals surface area (Å²) in [6, 6.07) is 121. The number of anilines is 3. The highest BCUT2D eigenvalue weighted by molar-refractivity contribution is 6.11. The lowest BCUT2D eigenvalue weighted by molar-refractivity contribution is 0.397. The molecule has 16 aromatic rings. The lowest BCUT2D eigenvalue weighted by Crippen LogP contribution is -2.30. The molecule has 0 atom stereocenters. The molecule has 2 heteroatoms. The Labute approximate surface area is 821 Å². The standard InChI is InChI=1S/C67H70N2.C37H30.C31H46/c1-5-7-9-11-13-23-41-67(42-24-14-12-10-8-6-2)63-46-53(54-44-49(3)43-50(4)45-54)33-38-59(63)60-39-36-58(48-64(60)67)69-65-30-22-21-29-61(65)62-47-57(37-40-66(62)69)68(55-27-19-16-20-28-55)56-34-31-52(32-35-56)51-25-17-15-18-26-51;1-23-17-24(2)19-30(18-23)29-13-16-34-33-5-3-4-6-35(33)37(36(34)22-29,31-14-11-25-7-9-27(25)20-31)32-15-12-26-8-10-28(26)21-32;1-5-7-9-11-13-15-21-31(22-16-14-12-10-8-6-2)29-23-25(3)17-19-27(29)28-20-18-26(4)24-30(28)31/h15-22,25-40,43-48H,5-14,23-24,41-42H2,1-4H3;3-6,11-22H,7-10H2,1-2H3;17-20,23-24H,5-16,21-22H2,1-4H3. The van der Waals surface area contributed by atoms with Crippen molar-refractivity contribution in [3.63, 3.8) is 0 Å². The largest absolute Gasteiger partial charge is 0.310 e. The van der Waals surface area contributed by atoms with Gasteiger partial charge >= 0.3 is 0 Å². The van der Waals surface area contributed by atoms with Crippen molar-refractivity contribution in [2.24, 2.45) is 0 Å². The Morgan fingerprint density at radius 1 is 0.226 bits per heavy atom. The first kappa shape index (κ1) is 93.9. The number of aromatic nitrogens is 1. The summed E-state index contributed by atoms with van der Waals surface area (Å²) in [5.41, 5.74) is 49.6. The highest BCUT2D eigenvalue weighted by Gasteiger charge is 2.49. The molecule has 0 unspecified atom stereocenters. The number of para-hydroxylation sites is 2. The topological polar surface area (TPSA) is 8.17 Å². The fraction of sp³-hybridized carbons (Fsp3) is 0.333. The Kier molecular flexibility index (Phi) is 29.1. The second kappa shape index (κ2) is 42.5. The predicted molar refractivity (Wildman–Crippen MR) is 590 cm³/mol. The van der Waals surface area contributed by atoms with Crippen LogP contribution in [0.15, 0.2) is 315 Å². The van der Waals surface area contributed by atoms with E-state index in [0.717, 1.165) is 17.1 Å². The highest BCUT2D eigenvalue weighted by Crippen LogP contribution is 2.61. The van der Waals surface area contributed by atoms with Gasteiger partial charge in [0.15, 0.2) is 0 Å². The van der Waals surface area contributed by atoms with E-state index in [9.17, 15) is 0 Å². The van der Waals surface area contributed by atoms with Crippen LogP contribution in [0.5, 0.6) is 0 Å². The second-order valence-electron chi connectivity index (χ2n) is 41.7. The van der Waals surface area contributed by atoms with Gasteiger partial charge in [-0.3, -0.25) is 0 Å². The zero-order chi connectivity index (χ0) is 94.0. The van der Waals surface area contributed by atoms with Gasteiger partial charge in [-0.25, -0.2) is 0 Å². The quantitative estimate of drug-likeness (QED) is 0.0352. The lowest BCUT2D eigenvalue weighted by atomic mass is 9.65. The normalized spacial score (nSPS) is 13.8. The van der Waals surface area contributed by atoms with E-state index in [2.05, 4.69) is 394 Å². The third-order valence-electron chi connectivity index (χ3n) is 32.0. The number of aryl methyl sites for hydroxylation is 10. The maximum atomic E-state index is 2.63. The summed E-state index contributed by atoms with van der Waals surface area (Å²) < 4.78 is 2.56. The van der Waals surface area contributed by atoms with Gasteiger partial charge in [0.1, 0.15) is 0 Å². The number of rotatable bonds is 37. The SMILES string of the molecule is CCCCCCCCC1(CCCCCCCC)c2cc(-c3cc(C)cc(C)c3)ccc2-c2ccc(-n3c4ccccc4c4cc(N(c5ccccc5)c5ccc(-c6ccccc6)cc5)ccc43)cc21.CCCCCCCCC1(CCCCCCCC)c2cc(C)ccc2-c2ccc(C)cc21.Cc1cc(C)cc(-c2ccc3c(c2)C(c2ccc4c(c2)CC4)(c2ccc4c(c2)CC4)c2ccccc2-3)c1. The Morgan fingerprint density at radius 3 is 1.09 bits per heavy atom. The Hall–Kier alpha value is -12.1. The highest BCUT2D eigenvalue weighted by atomic mass is 15.1. The van der Waals surface area contributed by atoms with Crippen LogP contribution in [0.1, 0.15) is 308 Å². The van der Waals surface area contributed by atoms with E-state index in [0.29, 0.717) is 0 Å². The molecule has 1 heterocycles. The molecule has 0 amide bonds. The van der Waals surface area contributed by atoms with Gasteiger partial charge in [0, 0.05) is 44.4 Å². The van der Waals surface area contributed by atoms with Crippen LogP contribution in [0.4, 0.5) is 17.1 Å². The molecule has 137 heavy (non-hydrogen) atoms. The van der Waals surface area contributed by atoms with Gasteiger partial charge in [-0.05, 0) is 299 Å². The molecular weight excluding hydrogens is 1650 g/mol. The van der Waals surface area contributed by atoms with Crippen molar-refractivity contribution in [3.05, 3.63) is 416 Å². The molecule has 696 valence electrons. The summed E-state index contributed by atoms with van der Waals surface area (Å²) in [5.74, 6) is 0. The minimum Gasteiger partial charge on any atom is -0.310 e. The van der Waals surface area contributed by atoms with Crippen LogP contribution in [0.3, 0.4) is 0 Å². The van der Waals surface area contributed by atoms with Crippen molar-refractivity contribution < 1.29 is 0 Å². The molecule has 2 nitrogen and oxygen atoms in total. The number of fused-ring (bicyclic) bond motifs is 14. The van der Waals surface area contributed by atoms with Gasteiger partial charge in [0.2, 0.25) is 0 Å². The van der Waals surface area contributed by atoms with Crippen molar-refractivity contribution in [1.82, 2.24) is 4.57 Å². The van der Waals surface area contributed by atoms with E-state index < -0.39 is 0 Å². The van der Waals surface area contributed by atoms with Crippen molar-refractivity contribution in [2.45, 2.75) is 291 Å². The monoisotopic (exact) mass is 1800 g/mol. The molecule has 0 fully saturated rings. The molecule has 0 aliphatic heterocycles. The molecule has 5 aliphatic carbocycles. The van der Waals surface area contributed by atoms with Gasteiger partial charge in [-0.1, -0.05) is 458 Å². The molecule has 21 rings (SSSR count). The summed E-state index contributed by atoms with van der Waals surface area (Å²) in [6.45, 7) is 22.7. The molecular formula is C135H146N2. The number of hydrogen-bond acceptors (Lipinski definition) is 1. The minimum absolute atomic E-state index is 0.0523. The van der Waals surface area contributed by atoms with Crippen molar-refractivity contribution in [1.29, 1.82) is 0 Å². The smallest absolute Gasteiger partial charge is 0.0713 e. The maximum absolute atomic E-state index is 2.63. The lowest BCUT2D eigenvalue weighted by Gasteiger charge is -2.37. The van der Waals surface area contributed by atoms with E-state index in [1.54, 1.807) is 16.7 Å². The first-order chi connectivity index (χ1) is 67.2. The second-order valence-corrected chi connectivity index (χ2v) is 41.7. The van der Waals surface area contributed by atoms with Crippen LogP contribution >= 0.6 is 0 Å². The van der Waals surface area contributed by atoms with Crippen LogP contribution in [-0.2, 0) is 41.9 Å². The zero-order valence-electron chi connectivity index (χ0n) is 84.0. The molecule has 5 aliphatic rings. The predicted octanol–water partition coefficient (Wildman–Crippen LogP) is 38.6. The number of benzene rings is 15. The van der Waals surface area contributed by atoms with E-state index in [1.165, 1.54) is 383 Å². The van der Waals surface area contributed by atoms with Crippen LogP contribution < -0.4 is 4.90 Å². The summed E-state index contributed by atoms with van der Waals surface area (Å²) in [7, 11) is 0. The minimum atomic E-state index is -0.309.